The Morgan fingerprint density at radius 1 is 0.917 bits per heavy atom. The van der Waals surface area contributed by atoms with Crippen LogP contribution in [0.3, 0.4) is 0 Å². The van der Waals surface area contributed by atoms with E-state index in [0.717, 1.165) is 17.7 Å². The number of rotatable bonds is 3. The Bertz CT molecular complexity index is 919. The molecule has 4 rings (SSSR count). The first kappa shape index (κ1) is 14.3. The number of carboxylic acid groups (broad SMARTS) is 1. The first-order valence-electron chi connectivity index (χ1n) is 7.69. The average Bonchev–Trinajstić information content (AvgIpc) is 2.60. The summed E-state index contributed by atoms with van der Waals surface area (Å²) in [5, 5.41) is 12.5. The second-order valence-corrected chi connectivity index (χ2v) is 5.70. The van der Waals surface area contributed by atoms with Crippen molar-refractivity contribution in [3.8, 4) is 11.5 Å². The van der Waals surface area contributed by atoms with E-state index < -0.39 is 5.97 Å². The molecule has 2 N–H and O–H groups in total. The van der Waals surface area contributed by atoms with Crippen LogP contribution in [-0.2, 0) is 6.42 Å². The van der Waals surface area contributed by atoms with Crippen molar-refractivity contribution in [1.82, 2.24) is 0 Å². The number of carbonyl (C=O) groups is 1. The van der Waals surface area contributed by atoms with Crippen LogP contribution in [0.2, 0.25) is 0 Å². The van der Waals surface area contributed by atoms with E-state index >= 15 is 0 Å². The molecule has 0 aromatic heterocycles. The van der Waals surface area contributed by atoms with E-state index in [0.29, 0.717) is 17.2 Å². The van der Waals surface area contributed by atoms with Gasteiger partial charge in [0.2, 0.25) is 0 Å². The highest BCUT2D eigenvalue weighted by Gasteiger charge is 2.22. The van der Waals surface area contributed by atoms with Crippen molar-refractivity contribution < 1.29 is 14.6 Å². The third-order valence-corrected chi connectivity index (χ3v) is 4.03. The van der Waals surface area contributed by atoms with Gasteiger partial charge in [-0.1, -0.05) is 42.5 Å². The third-order valence-electron chi connectivity index (χ3n) is 4.03. The molecule has 0 fully saturated rings. The van der Waals surface area contributed by atoms with Gasteiger partial charge in [0.05, 0.1) is 16.9 Å². The molecular formula is C20H15NO3. The number of aromatic carboxylic acids is 1. The van der Waals surface area contributed by atoms with Crippen LogP contribution in [0.15, 0.2) is 66.7 Å². The van der Waals surface area contributed by atoms with Gasteiger partial charge in [-0.2, -0.15) is 0 Å². The van der Waals surface area contributed by atoms with Gasteiger partial charge >= 0.3 is 5.97 Å². The number of nitrogens with one attached hydrogen (secondary N) is 1. The molecule has 0 atom stereocenters. The molecule has 0 amide bonds. The molecule has 1 aliphatic heterocycles. The summed E-state index contributed by atoms with van der Waals surface area (Å²) < 4.78 is 5.92. The number of anilines is 2. The van der Waals surface area contributed by atoms with Gasteiger partial charge in [0.25, 0.3) is 0 Å². The topological polar surface area (TPSA) is 58.6 Å². The molecule has 0 spiro atoms. The van der Waals surface area contributed by atoms with Crippen molar-refractivity contribution >= 4 is 17.3 Å². The van der Waals surface area contributed by atoms with E-state index in [9.17, 15) is 9.90 Å². The van der Waals surface area contributed by atoms with Crippen LogP contribution in [0.4, 0.5) is 11.4 Å². The number of fused-ring (bicyclic) bond motifs is 2. The van der Waals surface area contributed by atoms with Crippen LogP contribution in [-0.4, -0.2) is 11.1 Å². The molecule has 1 aliphatic rings. The first-order valence-corrected chi connectivity index (χ1v) is 7.69. The maximum absolute atomic E-state index is 11.3. The molecule has 118 valence electrons. The molecule has 1 heterocycles. The van der Waals surface area contributed by atoms with E-state index in [1.165, 1.54) is 5.56 Å². The van der Waals surface area contributed by atoms with Gasteiger partial charge in [0.1, 0.15) is 0 Å². The minimum absolute atomic E-state index is 0.200. The number of ether oxygens (including phenoxy) is 1. The molecule has 0 bridgehead atoms. The van der Waals surface area contributed by atoms with Gasteiger partial charge in [0, 0.05) is 0 Å². The van der Waals surface area contributed by atoms with Crippen molar-refractivity contribution in [2.24, 2.45) is 0 Å². The molecule has 0 aliphatic carbocycles. The number of hydrogen-bond acceptors (Lipinski definition) is 3. The maximum Gasteiger partial charge on any atom is 0.337 e. The van der Waals surface area contributed by atoms with E-state index in [2.05, 4.69) is 17.4 Å². The number of carboxylic acids is 1. The Hall–Kier alpha value is -3.27. The van der Waals surface area contributed by atoms with Crippen molar-refractivity contribution in [3.63, 3.8) is 0 Å². The van der Waals surface area contributed by atoms with Crippen LogP contribution < -0.4 is 10.1 Å². The zero-order chi connectivity index (χ0) is 16.5. The lowest BCUT2D eigenvalue weighted by Crippen LogP contribution is -2.09. The maximum atomic E-state index is 11.3. The first-order chi connectivity index (χ1) is 11.7. The summed E-state index contributed by atoms with van der Waals surface area (Å²) in [6.45, 7) is 0. The van der Waals surface area contributed by atoms with Gasteiger partial charge in [-0.15, -0.1) is 0 Å². The molecular weight excluding hydrogens is 302 g/mol. The fourth-order valence-electron chi connectivity index (χ4n) is 2.87. The molecule has 0 radical (unpaired) electrons. The summed E-state index contributed by atoms with van der Waals surface area (Å²) in [5.41, 5.74) is 3.84. The van der Waals surface area contributed by atoms with Crippen LogP contribution in [0.25, 0.3) is 0 Å². The fraction of sp³-hybridized carbons (Fsp3) is 0.0500. The fourth-order valence-corrected chi connectivity index (χ4v) is 2.87. The summed E-state index contributed by atoms with van der Waals surface area (Å²) >= 11 is 0. The highest BCUT2D eigenvalue weighted by atomic mass is 16.5. The number of hydrogen-bond donors (Lipinski definition) is 2. The Balaban J connectivity index is 1.66. The summed E-state index contributed by atoms with van der Waals surface area (Å²) in [4.78, 5) is 11.3. The van der Waals surface area contributed by atoms with Gasteiger partial charge in [-0.3, -0.25) is 0 Å². The summed E-state index contributed by atoms with van der Waals surface area (Å²) in [6.07, 6.45) is 0.819. The summed E-state index contributed by atoms with van der Waals surface area (Å²) in [7, 11) is 0. The van der Waals surface area contributed by atoms with E-state index in [1.807, 2.05) is 36.4 Å². The quantitative estimate of drug-likeness (QED) is 0.568. The highest BCUT2D eigenvalue weighted by Crippen LogP contribution is 2.43. The van der Waals surface area contributed by atoms with Crippen LogP contribution >= 0.6 is 0 Å². The van der Waals surface area contributed by atoms with Crippen molar-refractivity contribution in [1.29, 1.82) is 0 Å². The average molecular weight is 317 g/mol. The van der Waals surface area contributed by atoms with Crippen molar-refractivity contribution in [2.75, 3.05) is 5.32 Å². The summed E-state index contributed by atoms with van der Waals surface area (Å²) in [5.74, 6) is 0.254. The Kier molecular flexibility index (Phi) is 3.43. The van der Waals surface area contributed by atoms with Gasteiger partial charge in [0.15, 0.2) is 11.5 Å². The largest absolute Gasteiger partial charge is 0.478 e. The summed E-state index contributed by atoms with van der Waals surface area (Å²) in [6, 6.07) is 21.2. The van der Waals surface area contributed by atoms with Gasteiger partial charge in [-0.05, 0) is 41.8 Å². The Morgan fingerprint density at radius 2 is 1.75 bits per heavy atom. The third kappa shape index (κ3) is 2.58. The van der Waals surface area contributed by atoms with Gasteiger partial charge in [-0.25, -0.2) is 4.79 Å². The zero-order valence-electron chi connectivity index (χ0n) is 12.8. The lowest BCUT2D eigenvalue weighted by Gasteiger charge is -2.23. The van der Waals surface area contributed by atoms with E-state index in [-0.39, 0.29) is 5.56 Å². The monoisotopic (exact) mass is 317 g/mol. The Labute approximate surface area is 139 Å². The van der Waals surface area contributed by atoms with E-state index in [4.69, 9.17) is 4.74 Å². The van der Waals surface area contributed by atoms with Crippen LogP contribution in [0.5, 0.6) is 11.5 Å². The van der Waals surface area contributed by atoms with Crippen molar-refractivity contribution in [3.05, 3.63) is 83.4 Å². The lowest BCUT2D eigenvalue weighted by atomic mass is 10.0. The number of para-hydroxylation sites is 1. The molecule has 3 aromatic carbocycles. The predicted molar refractivity (Wildman–Crippen MR) is 92.4 cm³/mol. The normalized spacial score (nSPS) is 11.7. The number of benzene rings is 3. The molecule has 3 aromatic rings. The molecule has 4 heteroatoms. The van der Waals surface area contributed by atoms with Crippen LogP contribution in [0, 0.1) is 0 Å². The lowest BCUT2D eigenvalue weighted by molar-refractivity contribution is 0.0697. The standard InChI is InChI=1S/C20H15NO3/c22-20(23)15-7-4-8-17-19(15)21-16-10-9-14(12-18(16)24-17)11-13-5-2-1-3-6-13/h1-10,12,21H,11H2,(H,22,23). The Morgan fingerprint density at radius 3 is 2.54 bits per heavy atom. The second kappa shape index (κ2) is 5.74. The van der Waals surface area contributed by atoms with Gasteiger partial charge < -0.3 is 15.2 Å². The van der Waals surface area contributed by atoms with Crippen LogP contribution in [0.1, 0.15) is 21.5 Å². The van der Waals surface area contributed by atoms with Crippen molar-refractivity contribution in [2.45, 2.75) is 6.42 Å². The highest BCUT2D eigenvalue weighted by molar-refractivity contribution is 5.98. The smallest absolute Gasteiger partial charge is 0.337 e. The zero-order valence-corrected chi connectivity index (χ0v) is 12.8. The van der Waals surface area contributed by atoms with E-state index in [1.54, 1.807) is 18.2 Å². The molecule has 0 unspecified atom stereocenters. The SMILES string of the molecule is O=C(O)c1cccc2c1Nc1ccc(Cc3ccccc3)cc1O2. The molecule has 4 nitrogen and oxygen atoms in total. The minimum Gasteiger partial charge on any atom is -0.478 e. The predicted octanol–water partition coefficient (Wildman–Crippen LogP) is 4.82. The minimum atomic E-state index is -0.980. The second-order valence-electron chi connectivity index (χ2n) is 5.70. The molecule has 0 saturated carbocycles. The molecule has 0 saturated heterocycles. The molecule has 24 heavy (non-hydrogen) atoms.